The molecule has 372 valence electrons. The van der Waals surface area contributed by atoms with Crippen LogP contribution in [-0.4, -0.2) is 119 Å². The summed E-state index contributed by atoms with van der Waals surface area (Å²) in [6.07, 6.45) is 3.02. The Hall–Kier alpha value is -4.62. The maximum atomic E-state index is 14.9. The van der Waals surface area contributed by atoms with Crippen molar-refractivity contribution in [1.29, 1.82) is 0 Å². The van der Waals surface area contributed by atoms with Crippen LogP contribution in [0.25, 0.3) is 11.3 Å². The smallest absolute Gasteiger partial charge is 0.246 e. The number of carbonyl (C=O) groups excluding carboxylic acids is 3. The van der Waals surface area contributed by atoms with Gasteiger partial charge in [-0.25, -0.2) is 9.37 Å². The minimum atomic E-state index is -1.08. The molecular formula is C49H64Cl2F2N6O8S. The van der Waals surface area contributed by atoms with Crippen LogP contribution in [0.1, 0.15) is 68.8 Å². The highest BCUT2D eigenvalue weighted by atomic mass is 35.5. The van der Waals surface area contributed by atoms with E-state index in [1.165, 1.54) is 23.0 Å². The Morgan fingerprint density at radius 2 is 1.62 bits per heavy atom. The number of benzene rings is 3. The largest absolute Gasteiger partial charge is 0.491 e. The molecule has 1 saturated heterocycles. The molecule has 1 fully saturated rings. The summed E-state index contributed by atoms with van der Waals surface area (Å²) in [5, 5.41) is 11.8. The van der Waals surface area contributed by atoms with Gasteiger partial charge in [-0.05, 0) is 85.2 Å². The molecule has 3 N–H and O–H groups in total. The van der Waals surface area contributed by atoms with Gasteiger partial charge in [0.15, 0.2) is 16.7 Å². The molecule has 0 radical (unpaired) electrons. The number of thiazole rings is 1. The number of aromatic nitrogens is 1. The lowest BCUT2D eigenvalue weighted by Gasteiger charge is -2.41. The van der Waals surface area contributed by atoms with E-state index in [0.717, 1.165) is 47.2 Å². The maximum absolute atomic E-state index is 14.9. The zero-order valence-corrected chi connectivity index (χ0v) is 41.7. The summed E-state index contributed by atoms with van der Waals surface area (Å²) in [7, 11) is 1.69. The first-order chi connectivity index (χ1) is 31.8. The van der Waals surface area contributed by atoms with E-state index in [0.29, 0.717) is 49.7 Å². The average molecular weight is 1010 g/mol. The normalized spacial score (nSPS) is 17.6. The minimum absolute atomic E-state index is 0. The lowest BCUT2D eigenvalue weighted by atomic mass is 9.83. The number of nitrogens with one attached hydrogen (secondary N) is 3. The number of aryl methyl sites for hydroxylation is 1. The van der Waals surface area contributed by atoms with Gasteiger partial charge in [0.05, 0.1) is 57.4 Å². The molecule has 0 bridgehead atoms. The van der Waals surface area contributed by atoms with E-state index in [1.807, 2.05) is 51.1 Å². The van der Waals surface area contributed by atoms with Gasteiger partial charge >= 0.3 is 0 Å². The van der Waals surface area contributed by atoms with Crippen molar-refractivity contribution in [3.8, 4) is 22.8 Å². The third-order valence-electron chi connectivity index (χ3n) is 12.2. The van der Waals surface area contributed by atoms with E-state index in [-0.39, 0.29) is 101 Å². The fourth-order valence-electron chi connectivity index (χ4n) is 8.41. The molecule has 0 saturated carbocycles. The average Bonchev–Trinajstić information content (AvgIpc) is 3.82. The fourth-order valence-corrected chi connectivity index (χ4v) is 9.29. The van der Waals surface area contributed by atoms with Crippen LogP contribution in [-0.2, 0) is 48.0 Å². The lowest BCUT2D eigenvalue weighted by molar-refractivity contribution is -0.147. The number of halogens is 4. The number of ether oxygens (including phenoxy) is 5. The monoisotopic (exact) mass is 1000 g/mol. The molecule has 3 aromatic carbocycles. The maximum Gasteiger partial charge on any atom is 0.246 e. The predicted molar refractivity (Wildman–Crippen MR) is 262 cm³/mol. The van der Waals surface area contributed by atoms with Crippen molar-refractivity contribution < 1.29 is 46.8 Å². The summed E-state index contributed by atoms with van der Waals surface area (Å²) < 4.78 is 57.7. The molecule has 1 aromatic heterocycles. The van der Waals surface area contributed by atoms with Gasteiger partial charge in [0.1, 0.15) is 31.0 Å². The van der Waals surface area contributed by atoms with Crippen molar-refractivity contribution >= 4 is 59.0 Å². The second-order valence-electron chi connectivity index (χ2n) is 17.9. The number of hydrogen-bond donors (Lipinski definition) is 3. The molecule has 1 aliphatic carbocycles. The van der Waals surface area contributed by atoms with Crippen molar-refractivity contribution in [1.82, 2.24) is 25.8 Å². The molecule has 4 aromatic rings. The topological polar surface area (TPSA) is 153 Å². The second-order valence-corrected chi connectivity index (χ2v) is 18.7. The van der Waals surface area contributed by atoms with Gasteiger partial charge in [0.2, 0.25) is 23.5 Å². The minimum Gasteiger partial charge on any atom is -0.491 e. The Balaban J connectivity index is 0.00000432. The van der Waals surface area contributed by atoms with Crippen LogP contribution in [0, 0.1) is 17.0 Å². The third kappa shape index (κ3) is 13.6. The van der Waals surface area contributed by atoms with Crippen LogP contribution in [0.3, 0.4) is 0 Å². The number of fused-ring (bicyclic) bond motifs is 2. The number of carbonyl (C=O) groups is 3. The van der Waals surface area contributed by atoms with Crippen molar-refractivity contribution in [3.63, 3.8) is 0 Å². The molecule has 19 heteroatoms. The molecule has 3 aliphatic rings. The van der Waals surface area contributed by atoms with Crippen LogP contribution < -0.4 is 30.3 Å². The summed E-state index contributed by atoms with van der Waals surface area (Å²) in [5.41, 5.74) is 4.32. The van der Waals surface area contributed by atoms with Crippen LogP contribution in [0.4, 0.5) is 13.9 Å². The summed E-state index contributed by atoms with van der Waals surface area (Å²) in [6.45, 7) is 11.3. The zero-order valence-electron chi connectivity index (χ0n) is 39.3. The Kier molecular flexibility index (Phi) is 20.2. The summed E-state index contributed by atoms with van der Waals surface area (Å²) in [4.78, 5) is 50.5. The highest BCUT2D eigenvalue weighted by Crippen LogP contribution is 2.37. The predicted octanol–water partition coefficient (Wildman–Crippen LogP) is 6.85. The standard InChI is InChI=1S/C49H62F2N6O8S.2ClH/c1-31(52-5)45(58)55-44(49(2,3)4)47(60)57-29-34-27-35(14-13-33(34)28-41(57)46(59)53-39-12-8-10-32-9-6-7-11-36(32)39)64-25-23-62-21-22-63-24-26-65-43-37(15-16-38(50)42(43)51)40-30-66-48(54-40)56-17-19-61-20-18-56;;/h6-7,9,11,13-16,27,30-31,39,41,44,52H,8,10,12,17-26,28-29H2,1-5H3,(H,53,59)(H,55,58);2*1H/t31-,39+,41-,44+;;/m0../s1. The summed E-state index contributed by atoms with van der Waals surface area (Å²) >= 11 is 1.43. The number of nitrogens with zero attached hydrogens (tertiary/aromatic N) is 3. The Morgan fingerprint density at radius 1 is 0.912 bits per heavy atom. The van der Waals surface area contributed by atoms with Crippen LogP contribution in [0.2, 0.25) is 0 Å². The molecule has 2 aliphatic heterocycles. The molecule has 14 nitrogen and oxygen atoms in total. The molecule has 3 heterocycles. The first-order valence-corrected chi connectivity index (χ1v) is 23.7. The van der Waals surface area contributed by atoms with E-state index < -0.39 is 35.2 Å². The van der Waals surface area contributed by atoms with Crippen LogP contribution in [0.15, 0.2) is 60.0 Å². The first kappa shape index (κ1) is 54.3. The first-order valence-electron chi connectivity index (χ1n) is 22.8. The molecule has 0 spiro atoms. The van der Waals surface area contributed by atoms with Gasteiger partial charge in [-0.15, -0.1) is 36.2 Å². The Labute approximate surface area is 414 Å². The number of hydrogen-bond acceptors (Lipinski definition) is 12. The quantitative estimate of drug-likeness (QED) is 0.0847. The van der Waals surface area contributed by atoms with Crippen molar-refractivity contribution in [2.75, 3.05) is 77.9 Å². The Morgan fingerprint density at radius 3 is 2.34 bits per heavy atom. The lowest BCUT2D eigenvalue weighted by Crippen LogP contribution is -2.62. The molecule has 0 unspecified atom stereocenters. The van der Waals surface area contributed by atoms with Crippen LogP contribution >= 0.6 is 36.2 Å². The molecule has 68 heavy (non-hydrogen) atoms. The van der Waals surface area contributed by atoms with Gasteiger partial charge in [-0.1, -0.05) is 51.1 Å². The fraction of sp³-hybridized carbons (Fsp3) is 0.510. The van der Waals surface area contributed by atoms with Gasteiger partial charge in [0, 0.05) is 37.0 Å². The van der Waals surface area contributed by atoms with Crippen molar-refractivity contribution in [3.05, 3.63) is 93.9 Å². The molecule has 3 amide bonds. The molecule has 7 rings (SSSR count). The van der Waals surface area contributed by atoms with Crippen LogP contribution in [0.5, 0.6) is 11.5 Å². The van der Waals surface area contributed by atoms with E-state index >= 15 is 0 Å². The second kappa shape index (κ2) is 25.3. The van der Waals surface area contributed by atoms with Crippen molar-refractivity contribution in [2.45, 2.75) is 84.1 Å². The Bertz CT molecular complexity index is 2310. The number of morpholine rings is 1. The zero-order chi connectivity index (χ0) is 46.8. The van der Waals surface area contributed by atoms with Gasteiger partial charge < -0.3 is 49.4 Å². The SMILES string of the molecule is CN[C@@H](C)C(=O)N[C@H](C(=O)N1Cc2cc(OCCOCCOCCOc3c(-c4csc(N5CCOCC5)n4)ccc(F)c3F)ccc2C[C@H]1C(=O)N[C@@H]1CCCc2ccccc21)C(C)(C)C.Cl.Cl. The van der Waals surface area contributed by atoms with Gasteiger partial charge in [0.25, 0.3) is 0 Å². The van der Waals surface area contributed by atoms with E-state index in [9.17, 15) is 23.2 Å². The van der Waals surface area contributed by atoms with E-state index in [4.69, 9.17) is 23.7 Å². The van der Waals surface area contributed by atoms with Gasteiger partial charge in [-0.2, -0.15) is 4.39 Å². The number of anilines is 1. The number of likely N-dealkylation sites (N-methyl/N-ethyl adjacent to an activating group) is 1. The highest BCUT2D eigenvalue weighted by molar-refractivity contribution is 7.14. The number of amides is 3. The van der Waals surface area contributed by atoms with Crippen molar-refractivity contribution in [2.24, 2.45) is 5.41 Å². The molecular weight excluding hydrogens is 942 g/mol. The summed E-state index contributed by atoms with van der Waals surface area (Å²) in [6, 6.07) is 14.0. The van der Waals surface area contributed by atoms with E-state index in [1.54, 1.807) is 24.3 Å². The summed E-state index contributed by atoms with van der Waals surface area (Å²) in [5.74, 6) is -2.58. The number of rotatable bonds is 19. The third-order valence-corrected chi connectivity index (χ3v) is 13.1. The van der Waals surface area contributed by atoms with Gasteiger partial charge in [-0.3, -0.25) is 14.4 Å². The molecule has 4 atom stereocenters. The van der Waals surface area contributed by atoms with E-state index in [2.05, 4.69) is 38.0 Å². The highest BCUT2D eigenvalue weighted by Gasteiger charge is 2.43.